The summed E-state index contributed by atoms with van der Waals surface area (Å²) in [7, 11) is 0. The van der Waals surface area contributed by atoms with Crippen LogP contribution in [0.25, 0.3) is 0 Å². The number of halogens is 1. The normalized spacial score (nSPS) is 18.8. The van der Waals surface area contributed by atoms with Gasteiger partial charge in [-0.1, -0.05) is 0 Å². The summed E-state index contributed by atoms with van der Waals surface area (Å²) in [5.41, 5.74) is 1.39. The van der Waals surface area contributed by atoms with Crippen molar-refractivity contribution in [3.63, 3.8) is 0 Å². The highest BCUT2D eigenvalue weighted by Crippen LogP contribution is 2.33. The van der Waals surface area contributed by atoms with Gasteiger partial charge in [-0.3, -0.25) is 9.59 Å². The Bertz CT molecular complexity index is 865. The van der Waals surface area contributed by atoms with Crippen molar-refractivity contribution in [3.8, 4) is 0 Å². The van der Waals surface area contributed by atoms with Crippen LogP contribution in [0.1, 0.15) is 38.3 Å². The number of nitrogens with zero attached hydrogens (tertiary/aromatic N) is 3. The van der Waals surface area contributed by atoms with Crippen LogP contribution < -0.4 is 15.1 Å². The van der Waals surface area contributed by atoms with Gasteiger partial charge < -0.3 is 15.1 Å². The molecule has 1 N–H and O–H groups in total. The number of carbonyl (C=O) groups is 2. The van der Waals surface area contributed by atoms with Gasteiger partial charge in [0.2, 0.25) is 11.8 Å². The van der Waals surface area contributed by atoms with Crippen molar-refractivity contribution in [1.29, 1.82) is 0 Å². The summed E-state index contributed by atoms with van der Waals surface area (Å²) < 4.78 is 13.4. The van der Waals surface area contributed by atoms with Gasteiger partial charge in [-0.05, 0) is 50.5 Å². The third-order valence-corrected chi connectivity index (χ3v) is 6.06. The molecule has 8 heteroatoms. The largest absolute Gasteiger partial charge is 0.345 e. The van der Waals surface area contributed by atoms with Crippen LogP contribution in [0.4, 0.5) is 15.2 Å². The van der Waals surface area contributed by atoms with E-state index in [0.29, 0.717) is 24.6 Å². The van der Waals surface area contributed by atoms with Gasteiger partial charge in [0.1, 0.15) is 11.9 Å². The molecule has 4 rings (SSSR count). The maximum Gasteiger partial charge on any atom is 0.249 e. The van der Waals surface area contributed by atoms with Crippen LogP contribution in [0.2, 0.25) is 0 Å². The van der Waals surface area contributed by atoms with E-state index >= 15 is 0 Å². The molecule has 2 aromatic rings. The minimum atomic E-state index is -0.547. The van der Waals surface area contributed by atoms with E-state index in [1.807, 2.05) is 5.38 Å². The lowest BCUT2D eigenvalue weighted by Gasteiger charge is -2.25. The molecule has 1 aromatic heterocycles. The molecule has 148 valence electrons. The maximum absolute atomic E-state index is 13.4. The first-order valence-electron chi connectivity index (χ1n) is 9.62. The van der Waals surface area contributed by atoms with Crippen molar-refractivity contribution in [2.45, 2.75) is 51.2 Å². The van der Waals surface area contributed by atoms with Gasteiger partial charge >= 0.3 is 0 Å². The van der Waals surface area contributed by atoms with E-state index in [-0.39, 0.29) is 24.2 Å². The molecule has 1 aromatic carbocycles. The molecule has 0 bridgehead atoms. The van der Waals surface area contributed by atoms with E-state index in [4.69, 9.17) is 4.98 Å². The van der Waals surface area contributed by atoms with Crippen LogP contribution in [-0.2, 0) is 16.1 Å². The Balaban J connectivity index is 1.56. The van der Waals surface area contributed by atoms with Gasteiger partial charge in [-0.25, -0.2) is 9.37 Å². The number of hydrogen-bond donors (Lipinski definition) is 1. The second-order valence-electron chi connectivity index (χ2n) is 7.20. The van der Waals surface area contributed by atoms with Crippen LogP contribution in [0.15, 0.2) is 29.6 Å². The van der Waals surface area contributed by atoms with E-state index in [9.17, 15) is 14.0 Å². The minimum absolute atomic E-state index is 0.114. The SMILES string of the molecule is CCN(c1nc(CN(C(=O)[C@@H]2CCC(=O)N2)c2ccc(F)cc2)cs1)C1CC1. The molecule has 0 radical (unpaired) electrons. The molecule has 0 unspecified atom stereocenters. The standard InChI is InChI=1S/C20H23FN4O2S/c1-2-24(15-7-8-15)20-22-14(12-28-20)11-25(16-5-3-13(21)4-6-16)19(27)17-9-10-18(26)23-17/h3-6,12,15,17H,2,7-11H2,1H3,(H,23,26)/t17-/m0/s1. The number of nitrogens with one attached hydrogen (secondary N) is 1. The van der Waals surface area contributed by atoms with Gasteiger partial charge in [0.15, 0.2) is 5.13 Å². The Kier molecular flexibility index (Phi) is 5.30. The number of anilines is 2. The molecule has 2 heterocycles. The molecule has 1 atom stereocenters. The number of amides is 2. The predicted molar refractivity (Wildman–Crippen MR) is 107 cm³/mol. The monoisotopic (exact) mass is 402 g/mol. The summed E-state index contributed by atoms with van der Waals surface area (Å²) >= 11 is 1.58. The van der Waals surface area contributed by atoms with Crippen LogP contribution in [0.3, 0.4) is 0 Å². The number of rotatable bonds is 7. The second-order valence-corrected chi connectivity index (χ2v) is 8.03. The molecular weight excluding hydrogens is 379 g/mol. The molecule has 2 fully saturated rings. The summed E-state index contributed by atoms with van der Waals surface area (Å²) in [6, 6.07) is 5.86. The average molecular weight is 402 g/mol. The van der Waals surface area contributed by atoms with Crippen molar-refractivity contribution < 1.29 is 14.0 Å². The number of aromatic nitrogens is 1. The molecule has 2 amide bonds. The quantitative estimate of drug-likeness (QED) is 0.773. The van der Waals surface area contributed by atoms with Crippen LogP contribution in [-0.4, -0.2) is 35.4 Å². The smallest absolute Gasteiger partial charge is 0.249 e. The minimum Gasteiger partial charge on any atom is -0.345 e. The predicted octanol–water partition coefficient (Wildman–Crippen LogP) is 3.08. The van der Waals surface area contributed by atoms with E-state index in [2.05, 4.69) is 17.1 Å². The molecular formula is C20H23FN4O2S. The van der Waals surface area contributed by atoms with Crippen molar-refractivity contribution in [2.75, 3.05) is 16.3 Å². The fourth-order valence-corrected chi connectivity index (χ4v) is 4.46. The first-order valence-corrected chi connectivity index (χ1v) is 10.5. The van der Waals surface area contributed by atoms with E-state index in [1.54, 1.807) is 28.4 Å². The Morgan fingerprint density at radius 1 is 1.29 bits per heavy atom. The highest BCUT2D eigenvalue weighted by atomic mass is 32.1. The Hall–Kier alpha value is -2.48. The topological polar surface area (TPSA) is 65.5 Å². The summed E-state index contributed by atoms with van der Waals surface area (Å²) in [6.45, 7) is 3.32. The van der Waals surface area contributed by atoms with E-state index in [1.165, 1.54) is 25.0 Å². The van der Waals surface area contributed by atoms with Crippen molar-refractivity contribution >= 4 is 34.0 Å². The van der Waals surface area contributed by atoms with Gasteiger partial charge in [0.25, 0.3) is 0 Å². The van der Waals surface area contributed by atoms with Gasteiger partial charge in [-0.15, -0.1) is 11.3 Å². The summed E-state index contributed by atoms with van der Waals surface area (Å²) in [6.07, 6.45) is 3.22. The third-order valence-electron chi connectivity index (χ3n) is 5.13. The highest BCUT2D eigenvalue weighted by Gasteiger charge is 2.33. The molecule has 2 aliphatic rings. The Morgan fingerprint density at radius 3 is 2.64 bits per heavy atom. The lowest BCUT2D eigenvalue weighted by molar-refractivity contribution is -0.124. The van der Waals surface area contributed by atoms with Crippen molar-refractivity contribution in [1.82, 2.24) is 10.3 Å². The summed E-state index contributed by atoms with van der Waals surface area (Å²) in [5.74, 6) is -0.665. The first-order chi connectivity index (χ1) is 13.5. The van der Waals surface area contributed by atoms with Crippen LogP contribution >= 0.6 is 11.3 Å². The van der Waals surface area contributed by atoms with Crippen LogP contribution in [0.5, 0.6) is 0 Å². The molecule has 1 aliphatic heterocycles. The number of carbonyl (C=O) groups excluding carboxylic acids is 2. The average Bonchev–Trinajstić information content (AvgIpc) is 3.25. The van der Waals surface area contributed by atoms with Crippen molar-refractivity contribution in [3.05, 3.63) is 41.2 Å². The molecule has 1 saturated heterocycles. The number of hydrogen-bond acceptors (Lipinski definition) is 5. The molecule has 0 spiro atoms. The Morgan fingerprint density at radius 2 is 2.04 bits per heavy atom. The molecule has 28 heavy (non-hydrogen) atoms. The number of benzene rings is 1. The highest BCUT2D eigenvalue weighted by molar-refractivity contribution is 7.13. The maximum atomic E-state index is 13.4. The zero-order chi connectivity index (χ0) is 19.7. The van der Waals surface area contributed by atoms with Crippen LogP contribution in [0, 0.1) is 5.82 Å². The fourth-order valence-electron chi connectivity index (χ4n) is 3.50. The number of thiazole rings is 1. The zero-order valence-corrected chi connectivity index (χ0v) is 16.5. The van der Waals surface area contributed by atoms with E-state index < -0.39 is 6.04 Å². The lowest BCUT2D eigenvalue weighted by Crippen LogP contribution is -2.44. The fraction of sp³-hybridized carbons (Fsp3) is 0.450. The van der Waals surface area contributed by atoms with Crippen molar-refractivity contribution in [2.24, 2.45) is 0 Å². The molecule has 1 saturated carbocycles. The zero-order valence-electron chi connectivity index (χ0n) is 15.7. The Labute approximate surface area is 167 Å². The lowest BCUT2D eigenvalue weighted by atomic mass is 10.1. The molecule has 1 aliphatic carbocycles. The molecule has 6 nitrogen and oxygen atoms in total. The van der Waals surface area contributed by atoms with Gasteiger partial charge in [0, 0.05) is 30.1 Å². The summed E-state index contributed by atoms with van der Waals surface area (Å²) in [4.78, 5) is 33.3. The first kappa shape index (κ1) is 18.9. The third kappa shape index (κ3) is 4.01. The van der Waals surface area contributed by atoms with Gasteiger partial charge in [0.05, 0.1) is 12.2 Å². The van der Waals surface area contributed by atoms with Gasteiger partial charge in [-0.2, -0.15) is 0 Å². The summed E-state index contributed by atoms with van der Waals surface area (Å²) in [5, 5.41) is 5.67. The second kappa shape index (κ2) is 7.87. The van der Waals surface area contributed by atoms with E-state index in [0.717, 1.165) is 17.4 Å².